The minimum Gasteiger partial charge on any atom is -0.334 e. The van der Waals surface area contributed by atoms with Crippen LogP contribution in [0.4, 0.5) is 4.79 Å². The molecule has 0 aliphatic heterocycles. The number of urea groups is 1. The Morgan fingerprint density at radius 2 is 1.55 bits per heavy atom. The summed E-state index contributed by atoms with van der Waals surface area (Å²) in [5.74, 6) is 0.576. The summed E-state index contributed by atoms with van der Waals surface area (Å²) in [7, 11) is 0. The Bertz CT molecular complexity index is 1290. The second-order valence-corrected chi connectivity index (χ2v) is 7.97. The van der Waals surface area contributed by atoms with Gasteiger partial charge in [0.25, 0.3) is 5.56 Å². The van der Waals surface area contributed by atoms with E-state index in [1.165, 1.54) is 0 Å². The van der Waals surface area contributed by atoms with Crippen LogP contribution in [0.25, 0.3) is 10.9 Å². The zero-order chi connectivity index (χ0) is 23.2. The molecule has 1 N–H and O–H groups in total. The van der Waals surface area contributed by atoms with Crippen LogP contribution in [-0.2, 0) is 19.6 Å². The maximum atomic E-state index is 13.4. The Morgan fingerprint density at radius 3 is 2.21 bits per heavy atom. The highest BCUT2D eigenvalue weighted by molar-refractivity contribution is 5.78. The van der Waals surface area contributed by atoms with Crippen LogP contribution < -0.4 is 10.9 Å². The van der Waals surface area contributed by atoms with E-state index < -0.39 is 6.04 Å². The Hall–Kier alpha value is -3.93. The van der Waals surface area contributed by atoms with E-state index in [1.54, 1.807) is 15.5 Å². The van der Waals surface area contributed by atoms with Crippen molar-refractivity contribution in [2.24, 2.45) is 0 Å². The number of rotatable bonds is 7. The van der Waals surface area contributed by atoms with E-state index in [1.807, 2.05) is 92.7 Å². The summed E-state index contributed by atoms with van der Waals surface area (Å²) in [4.78, 5) is 33.1. The summed E-state index contributed by atoms with van der Waals surface area (Å²) in [5.41, 5.74) is 2.57. The first-order valence-corrected chi connectivity index (χ1v) is 11.2. The van der Waals surface area contributed by atoms with Crippen LogP contribution in [0.2, 0.25) is 0 Å². The molecule has 6 heteroatoms. The molecule has 0 spiro atoms. The molecule has 2 amide bonds. The van der Waals surface area contributed by atoms with Gasteiger partial charge in [-0.1, -0.05) is 72.8 Å². The number of para-hydroxylation sites is 1. The fourth-order valence-electron chi connectivity index (χ4n) is 3.99. The van der Waals surface area contributed by atoms with Gasteiger partial charge in [0.05, 0.1) is 16.9 Å². The fourth-order valence-corrected chi connectivity index (χ4v) is 3.99. The average Bonchev–Trinajstić information content (AvgIpc) is 2.86. The zero-order valence-corrected chi connectivity index (χ0v) is 18.9. The second kappa shape index (κ2) is 10.1. The lowest BCUT2D eigenvalue weighted by Gasteiger charge is -2.30. The SMILES string of the molecule is CCn1c(C(C)N(Cc2ccccc2)C(=O)NCc2ccccc2)nc2ccccc2c1=O. The summed E-state index contributed by atoms with van der Waals surface area (Å²) < 4.78 is 1.66. The average molecular weight is 441 g/mol. The normalized spacial score (nSPS) is 11.8. The van der Waals surface area contributed by atoms with Gasteiger partial charge in [0, 0.05) is 19.6 Å². The summed E-state index contributed by atoms with van der Waals surface area (Å²) >= 11 is 0. The highest BCUT2D eigenvalue weighted by atomic mass is 16.2. The van der Waals surface area contributed by atoms with Gasteiger partial charge in [0.15, 0.2) is 0 Å². The minimum absolute atomic E-state index is 0.0886. The van der Waals surface area contributed by atoms with E-state index in [0.717, 1.165) is 11.1 Å². The smallest absolute Gasteiger partial charge is 0.318 e. The molecule has 168 valence electrons. The van der Waals surface area contributed by atoms with Gasteiger partial charge in [0.2, 0.25) is 0 Å². The lowest BCUT2D eigenvalue weighted by molar-refractivity contribution is 0.170. The van der Waals surface area contributed by atoms with Gasteiger partial charge >= 0.3 is 6.03 Å². The Morgan fingerprint density at radius 1 is 0.939 bits per heavy atom. The van der Waals surface area contributed by atoms with Crippen LogP contribution in [0.5, 0.6) is 0 Å². The summed E-state index contributed by atoms with van der Waals surface area (Å²) in [6, 6.07) is 26.4. The van der Waals surface area contributed by atoms with E-state index in [-0.39, 0.29) is 11.6 Å². The van der Waals surface area contributed by atoms with Crippen molar-refractivity contribution in [2.75, 3.05) is 0 Å². The monoisotopic (exact) mass is 440 g/mol. The predicted molar refractivity (Wildman–Crippen MR) is 131 cm³/mol. The van der Waals surface area contributed by atoms with Crippen LogP contribution in [0.15, 0.2) is 89.7 Å². The van der Waals surface area contributed by atoms with Crippen molar-refractivity contribution in [3.05, 3.63) is 112 Å². The summed E-state index contributed by atoms with van der Waals surface area (Å²) in [5, 5.41) is 3.61. The highest BCUT2D eigenvalue weighted by Crippen LogP contribution is 2.22. The number of hydrogen-bond donors (Lipinski definition) is 1. The molecule has 1 unspecified atom stereocenters. The first kappa shape index (κ1) is 22.3. The molecule has 0 fully saturated rings. The van der Waals surface area contributed by atoms with Crippen molar-refractivity contribution >= 4 is 16.9 Å². The van der Waals surface area contributed by atoms with Crippen molar-refractivity contribution in [2.45, 2.75) is 39.5 Å². The number of hydrogen-bond acceptors (Lipinski definition) is 3. The van der Waals surface area contributed by atoms with Gasteiger partial charge in [-0.2, -0.15) is 0 Å². The zero-order valence-electron chi connectivity index (χ0n) is 18.9. The molecular weight excluding hydrogens is 412 g/mol. The van der Waals surface area contributed by atoms with E-state index in [0.29, 0.717) is 36.4 Å². The molecule has 0 aliphatic carbocycles. The van der Waals surface area contributed by atoms with Gasteiger partial charge in [-0.15, -0.1) is 0 Å². The Labute approximate surface area is 193 Å². The maximum absolute atomic E-state index is 13.4. The first-order valence-electron chi connectivity index (χ1n) is 11.2. The molecule has 1 atom stereocenters. The van der Waals surface area contributed by atoms with E-state index in [4.69, 9.17) is 4.98 Å². The number of carbonyl (C=O) groups is 1. The van der Waals surface area contributed by atoms with Crippen LogP contribution >= 0.6 is 0 Å². The third-order valence-electron chi connectivity index (χ3n) is 5.79. The summed E-state index contributed by atoms with van der Waals surface area (Å²) in [6.45, 7) is 5.14. The van der Waals surface area contributed by atoms with Crippen molar-refractivity contribution in [1.29, 1.82) is 0 Å². The van der Waals surface area contributed by atoms with Gasteiger partial charge in [-0.05, 0) is 37.1 Å². The van der Waals surface area contributed by atoms with Gasteiger partial charge in [-0.3, -0.25) is 9.36 Å². The molecule has 1 heterocycles. The second-order valence-electron chi connectivity index (χ2n) is 7.97. The number of nitrogens with one attached hydrogen (secondary N) is 1. The predicted octanol–water partition coefficient (Wildman–Crippen LogP) is 4.89. The number of carbonyl (C=O) groups excluding carboxylic acids is 1. The number of fused-ring (bicyclic) bond motifs is 1. The van der Waals surface area contributed by atoms with E-state index >= 15 is 0 Å². The Kier molecular flexibility index (Phi) is 6.83. The van der Waals surface area contributed by atoms with Crippen molar-refractivity contribution in [3.8, 4) is 0 Å². The number of benzene rings is 3. The molecule has 0 radical (unpaired) electrons. The first-order chi connectivity index (χ1) is 16.1. The molecule has 0 saturated heterocycles. The number of nitrogens with zero attached hydrogens (tertiary/aromatic N) is 3. The van der Waals surface area contributed by atoms with E-state index in [2.05, 4.69) is 5.32 Å². The molecule has 3 aromatic carbocycles. The molecule has 6 nitrogen and oxygen atoms in total. The van der Waals surface area contributed by atoms with Crippen molar-refractivity contribution in [3.63, 3.8) is 0 Å². The minimum atomic E-state index is -0.418. The number of aromatic nitrogens is 2. The number of amides is 2. The van der Waals surface area contributed by atoms with E-state index in [9.17, 15) is 9.59 Å². The lowest BCUT2D eigenvalue weighted by Crippen LogP contribution is -2.42. The molecule has 0 aliphatic rings. The fraction of sp³-hybridized carbons (Fsp3) is 0.222. The van der Waals surface area contributed by atoms with Gasteiger partial charge < -0.3 is 10.2 Å². The molecule has 0 saturated carbocycles. The van der Waals surface area contributed by atoms with Crippen LogP contribution in [-0.4, -0.2) is 20.5 Å². The maximum Gasteiger partial charge on any atom is 0.318 e. The lowest BCUT2D eigenvalue weighted by atomic mass is 10.1. The van der Waals surface area contributed by atoms with Gasteiger partial charge in [-0.25, -0.2) is 9.78 Å². The topological polar surface area (TPSA) is 67.2 Å². The molecular formula is C27H28N4O2. The Balaban J connectivity index is 1.70. The molecule has 4 rings (SSSR count). The van der Waals surface area contributed by atoms with Gasteiger partial charge in [0.1, 0.15) is 5.82 Å². The third-order valence-corrected chi connectivity index (χ3v) is 5.79. The molecule has 33 heavy (non-hydrogen) atoms. The van der Waals surface area contributed by atoms with Crippen LogP contribution in [0.3, 0.4) is 0 Å². The quantitative estimate of drug-likeness (QED) is 0.445. The summed E-state index contributed by atoms with van der Waals surface area (Å²) in [6.07, 6.45) is 0. The largest absolute Gasteiger partial charge is 0.334 e. The molecule has 1 aromatic heterocycles. The standard InChI is InChI=1S/C27H28N4O2/c1-3-30-25(29-24-17-11-10-16-23(24)26(30)32)20(2)31(19-22-14-8-5-9-15-22)27(33)28-18-21-12-6-4-7-13-21/h4-17,20H,3,18-19H2,1-2H3,(H,28,33). The molecule has 0 bridgehead atoms. The molecule has 4 aromatic rings. The third kappa shape index (κ3) is 4.95. The van der Waals surface area contributed by atoms with Crippen molar-refractivity contribution in [1.82, 2.24) is 19.8 Å². The highest BCUT2D eigenvalue weighted by Gasteiger charge is 2.26. The van der Waals surface area contributed by atoms with Crippen molar-refractivity contribution < 1.29 is 4.79 Å². The van der Waals surface area contributed by atoms with Crippen LogP contribution in [0, 0.1) is 0 Å². The van der Waals surface area contributed by atoms with Crippen LogP contribution in [0.1, 0.15) is 36.8 Å².